The summed E-state index contributed by atoms with van der Waals surface area (Å²) in [6.07, 6.45) is 10.00. The molecule has 370 valence electrons. The number of rotatable bonds is 5. The fraction of sp³-hybridized carbons (Fsp3) is 0.0385. The maximum absolute atomic E-state index is 8.97. The molecule has 0 amide bonds. The van der Waals surface area contributed by atoms with Crippen LogP contribution in [0.3, 0.4) is 0 Å². The number of hydrogen-bond donors (Lipinski definition) is 0. The van der Waals surface area contributed by atoms with Crippen LogP contribution >= 0.6 is 0 Å². The molecule has 0 aliphatic heterocycles. The van der Waals surface area contributed by atoms with Crippen molar-refractivity contribution in [1.29, 1.82) is 21.0 Å². The standard InChI is InChI=1S/C12H10N3.4C10H6N3.2Ir.3Pt/c1-9-7-10(2)15(14-9)12-6-4-3-5-11(12)8-13;1-11-10-7-8-13(12-10)9-5-3-2-4-6-9;11-8-9-4-1-2-5-10(9)13-7-3-6-12-13;11-6-9-7-12-13(8-9)10-4-2-1-3-5-10;11-8-10-6-7-12-13(10)9-4-2-1-3-5-9;;;;;/h3-5,7H,1-2H3;2-5,7-8H;1-4,6-7H;1-4,7-8H;1-4,6-7H;;;;;/q5*-1;;;;;. The van der Waals surface area contributed by atoms with Crippen LogP contribution in [0.2, 0.25) is 0 Å². The average molecular weight is 1840 g/mol. The van der Waals surface area contributed by atoms with Crippen molar-refractivity contribution < 1.29 is 103 Å². The van der Waals surface area contributed by atoms with Gasteiger partial charge in [-0.05, 0) is 82.8 Å². The summed E-state index contributed by atoms with van der Waals surface area (Å²) in [7, 11) is 0. The predicted molar refractivity (Wildman–Crippen MR) is 247 cm³/mol. The fourth-order valence-corrected chi connectivity index (χ4v) is 5.83. The van der Waals surface area contributed by atoms with Crippen LogP contribution < -0.4 is 0 Å². The molecule has 2 radical (unpaired) electrons. The smallest absolute Gasteiger partial charge is 0.295 e. The Labute approximate surface area is 487 Å². The summed E-state index contributed by atoms with van der Waals surface area (Å²) in [5, 5.41) is 55.5. The maximum atomic E-state index is 8.97. The molecule has 10 rings (SSSR count). The summed E-state index contributed by atoms with van der Waals surface area (Å²) in [6.45, 7) is 10.6. The van der Waals surface area contributed by atoms with E-state index >= 15 is 0 Å². The van der Waals surface area contributed by atoms with Gasteiger partial charge in [-0.1, -0.05) is 6.57 Å². The van der Waals surface area contributed by atoms with E-state index in [9.17, 15) is 0 Å². The second-order valence-electron chi connectivity index (χ2n) is 13.4. The first-order chi connectivity index (χ1) is 32.8. The van der Waals surface area contributed by atoms with Gasteiger partial charge in [0.25, 0.3) is 5.82 Å². The Morgan fingerprint density at radius 2 is 1.11 bits per heavy atom. The Morgan fingerprint density at radius 3 is 1.60 bits per heavy atom. The molecular formula is C52H34Ir2N15Pt3-5. The summed E-state index contributed by atoms with van der Waals surface area (Å²) >= 11 is 0. The van der Waals surface area contributed by atoms with Crippen molar-refractivity contribution in [2.75, 3.05) is 0 Å². The molecule has 5 heterocycles. The summed E-state index contributed by atoms with van der Waals surface area (Å²) in [6, 6.07) is 63.5. The Balaban J connectivity index is 0.000000443. The van der Waals surface area contributed by atoms with E-state index in [1.54, 1.807) is 109 Å². The van der Waals surface area contributed by atoms with Crippen LogP contribution in [0.25, 0.3) is 33.3 Å². The van der Waals surface area contributed by atoms with Crippen molar-refractivity contribution in [3.8, 4) is 52.7 Å². The van der Waals surface area contributed by atoms with Crippen molar-refractivity contribution in [3.63, 3.8) is 0 Å². The second kappa shape index (κ2) is 33.5. The van der Waals surface area contributed by atoms with Crippen molar-refractivity contribution in [2.45, 2.75) is 13.8 Å². The van der Waals surface area contributed by atoms with Gasteiger partial charge in [-0.3, -0.25) is 14.0 Å². The minimum atomic E-state index is 0. The molecule has 15 nitrogen and oxygen atoms in total. The van der Waals surface area contributed by atoms with Crippen LogP contribution in [0.1, 0.15) is 33.8 Å². The van der Waals surface area contributed by atoms with Crippen molar-refractivity contribution in [3.05, 3.63) is 246 Å². The monoisotopic (exact) mass is 1840 g/mol. The van der Waals surface area contributed by atoms with Gasteiger partial charge in [0.15, 0.2) is 0 Å². The molecule has 0 N–H and O–H groups in total. The van der Waals surface area contributed by atoms with Crippen LogP contribution in [0.15, 0.2) is 171 Å². The van der Waals surface area contributed by atoms with Gasteiger partial charge in [0.1, 0.15) is 17.8 Å². The molecule has 0 aliphatic rings. The average Bonchev–Trinajstić information content (AvgIpc) is 4.27. The number of aromatic nitrogens is 10. The summed E-state index contributed by atoms with van der Waals surface area (Å²) in [4.78, 5) is 3.22. The summed E-state index contributed by atoms with van der Waals surface area (Å²) in [5.41, 5.74) is 8.04. The third-order valence-corrected chi connectivity index (χ3v) is 8.82. The third-order valence-electron chi connectivity index (χ3n) is 8.82. The molecule has 20 heteroatoms. The van der Waals surface area contributed by atoms with Crippen LogP contribution in [0.4, 0.5) is 5.82 Å². The Morgan fingerprint density at radius 1 is 0.528 bits per heavy atom. The second-order valence-corrected chi connectivity index (χ2v) is 13.4. The van der Waals surface area contributed by atoms with Gasteiger partial charge in [0.05, 0.1) is 23.7 Å². The first-order valence-electron chi connectivity index (χ1n) is 19.9. The number of nitriles is 4. The van der Waals surface area contributed by atoms with Crippen LogP contribution in [0.5, 0.6) is 0 Å². The Kier molecular flexibility index (Phi) is 29.3. The van der Waals surface area contributed by atoms with Gasteiger partial charge in [-0.15, -0.1) is 18.2 Å². The van der Waals surface area contributed by atoms with E-state index in [0.29, 0.717) is 39.6 Å². The molecule has 0 saturated heterocycles. The largest absolute Gasteiger partial charge is 0.359 e. The van der Waals surface area contributed by atoms with Gasteiger partial charge < -0.3 is 4.85 Å². The molecule has 72 heavy (non-hydrogen) atoms. The maximum Gasteiger partial charge on any atom is 0.295 e. The molecule has 0 atom stereocenters. The Hall–Kier alpha value is -7.04. The van der Waals surface area contributed by atoms with E-state index in [1.165, 1.54) is 6.20 Å². The van der Waals surface area contributed by atoms with Crippen molar-refractivity contribution in [2.24, 2.45) is 0 Å². The molecule has 0 fully saturated rings. The SMILES string of the molecule is Cc1cc(C)n(-c2[c-]cccc2C#N)n1.N#Cc1ccc[c-]c1-n1cccn1.N#Cc1ccnn1-c1[c-]cccc1.N#Cc1cnn(-c2[c-]cccc2)c1.[C-]#[N+]c1ccn(-c2[c-]cccc2)n1.[Ir].[Ir].[Pt].[Pt].[Pt]. The number of nitrogens with zero attached hydrogens (tertiary/aromatic N) is 15. The normalized spacial score (nSPS) is 8.90. The quantitative estimate of drug-likeness (QED) is 0.152. The van der Waals surface area contributed by atoms with Crippen molar-refractivity contribution >= 4 is 5.82 Å². The van der Waals surface area contributed by atoms with Gasteiger partial charge in [0.2, 0.25) is 0 Å². The van der Waals surface area contributed by atoms with Gasteiger partial charge in [-0.25, -0.2) is 15.2 Å². The number of hydrogen-bond acceptors (Lipinski definition) is 9. The minimum absolute atomic E-state index is 0. The van der Waals surface area contributed by atoms with E-state index in [1.807, 2.05) is 98.8 Å². The minimum Gasteiger partial charge on any atom is -0.359 e. The van der Waals surface area contributed by atoms with E-state index in [0.717, 1.165) is 28.5 Å². The van der Waals surface area contributed by atoms with Gasteiger partial charge in [0, 0.05) is 146 Å². The zero-order valence-electron chi connectivity index (χ0n) is 37.5. The summed E-state index contributed by atoms with van der Waals surface area (Å²) < 4.78 is 8.18. The van der Waals surface area contributed by atoms with Crippen LogP contribution in [0, 0.1) is 96.1 Å². The molecular weight excluding hydrogens is 1800 g/mol. The van der Waals surface area contributed by atoms with E-state index in [2.05, 4.69) is 78.9 Å². The van der Waals surface area contributed by atoms with Crippen LogP contribution in [-0.4, -0.2) is 48.9 Å². The molecule has 0 saturated carbocycles. The number of benzene rings is 5. The van der Waals surface area contributed by atoms with Gasteiger partial charge in [-0.2, -0.15) is 157 Å². The third kappa shape index (κ3) is 18.0. The molecule has 10 aromatic rings. The number of aryl methyl sites for hydroxylation is 2. The number of para-hydroxylation sites is 5. The molecule has 5 aromatic heterocycles. The molecule has 5 aromatic carbocycles. The van der Waals surface area contributed by atoms with Crippen molar-refractivity contribution in [1.82, 2.24) is 48.9 Å². The predicted octanol–water partition coefficient (Wildman–Crippen LogP) is 9.00. The molecule has 0 bridgehead atoms. The van der Waals surface area contributed by atoms with Crippen LogP contribution in [-0.2, 0) is 103 Å². The zero-order valence-corrected chi connectivity index (χ0v) is 49.1. The zero-order chi connectivity index (χ0) is 47.2. The van der Waals surface area contributed by atoms with E-state index < -0.39 is 0 Å². The Bertz CT molecular complexity index is 3270. The molecule has 0 spiro atoms. The topological polar surface area (TPSA) is 189 Å². The summed E-state index contributed by atoms with van der Waals surface area (Å²) in [5.74, 6) is 0.400. The fourth-order valence-electron chi connectivity index (χ4n) is 5.83. The first-order valence-corrected chi connectivity index (χ1v) is 19.9. The molecule has 0 unspecified atom stereocenters. The van der Waals surface area contributed by atoms with E-state index in [4.69, 9.17) is 27.6 Å². The van der Waals surface area contributed by atoms with E-state index in [-0.39, 0.29) is 103 Å². The first kappa shape index (κ1) is 63.0. The molecule has 0 aliphatic carbocycles. The van der Waals surface area contributed by atoms with Gasteiger partial charge >= 0.3 is 0 Å².